The van der Waals surface area contributed by atoms with Gasteiger partial charge in [0.15, 0.2) is 0 Å². The molecule has 0 amide bonds. The lowest BCUT2D eigenvalue weighted by molar-refractivity contribution is 0.0525. The van der Waals surface area contributed by atoms with E-state index in [4.69, 9.17) is 14.2 Å². The van der Waals surface area contributed by atoms with Crippen LogP contribution in [0.4, 0.5) is 0 Å². The van der Waals surface area contributed by atoms with Gasteiger partial charge in [0, 0.05) is 26.4 Å². The van der Waals surface area contributed by atoms with Crippen molar-refractivity contribution in [1.29, 1.82) is 0 Å². The number of carbonyl (C=O) groups excluding carboxylic acids is 1. The first-order valence-corrected chi connectivity index (χ1v) is 13.7. The summed E-state index contributed by atoms with van der Waals surface area (Å²) in [6, 6.07) is 8.63. The van der Waals surface area contributed by atoms with Gasteiger partial charge >= 0.3 is 5.97 Å². The highest BCUT2D eigenvalue weighted by Crippen LogP contribution is 2.26. The van der Waals surface area contributed by atoms with Crippen LogP contribution in [0.2, 0.25) is 25.7 Å². The minimum atomic E-state index is -1.15. The summed E-state index contributed by atoms with van der Waals surface area (Å²) in [5.41, 5.74) is 1.78. The maximum Gasteiger partial charge on any atom is 0.341 e. The molecule has 0 bridgehead atoms. The lowest BCUT2D eigenvalue weighted by atomic mass is 10.1. The third-order valence-corrected chi connectivity index (χ3v) is 5.88. The first kappa shape index (κ1) is 22.9. The Bertz CT molecular complexity index is 811. The van der Waals surface area contributed by atoms with Gasteiger partial charge in [-0.15, -0.1) is 6.58 Å². The summed E-state index contributed by atoms with van der Waals surface area (Å²) in [6.45, 7) is 14.3. The van der Waals surface area contributed by atoms with E-state index in [2.05, 4.69) is 31.3 Å². The van der Waals surface area contributed by atoms with Gasteiger partial charge in [-0.3, -0.25) is 0 Å². The van der Waals surface area contributed by atoms with E-state index in [0.717, 1.165) is 23.8 Å². The summed E-state index contributed by atoms with van der Waals surface area (Å²) in [5.74, 6) is 0.328. The quantitative estimate of drug-likeness (QED) is 0.211. The molecule has 0 saturated carbocycles. The fourth-order valence-corrected chi connectivity index (χ4v) is 3.35. The highest BCUT2D eigenvalue weighted by atomic mass is 28.3. The monoisotopic (exact) mass is 416 g/mol. The minimum Gasteiger partial charge on any atom is -0.493 e. The van der Waals surface area contributed by atoms with Gasteiger partial charge in [-0.25, -0.2) is 9.48 Å². The Labute approximate surface area is 174 Å². The molecule has 0 radical (unpaired) electrons. The summed E-state index contributed by atoms with van der Waals surface area (Å²) in [7, 11) is -1.15. The molecule has 1 heterocycles. The number of aromatic nitrogens is 2. The molecule has 29 heavy (non-hydrogen) atoms. The summed E-state index contributed by atoms with van der Waals surface area (Å²) in [6.07, 6.45) is 4.27. The van der Waals surface area contributed by atoms with Crippen LogP contribution in [0.1, 0.15) is 23.7 Å². The molecule has 0 spiro atoms. The first-order chi connectivity index (χ1) is 13.8. The van der Waals surface area contributed by atoms with E-state index in [1.165, 1.54) is 0 Å². The molecule has 0 atom stereocenters. The van der Waals surface area contributed by atoms with Crippen molar-refractivity contribution in [2.75, 3.05) is 19.8 Å². The Morgan fingerprint density at radius 3 is 2.76 bits per heavy atom. The van der Waals surface area contributed by atoms with Crippen molar-refractivity contribution in [2.24, 2.45) is 0 Å². The first-order valence-electron chi connectivity index (χ1n) is 10.0. The Kier molecular flexibility index (Phi) is 8.66. The molecule has 2 rings (SSSR count). The van der Waals surface area contributed by atoms with Crippen molar-refractivity contribution in [2.45, 2.75) is 45.8 Å². The van der Waals surface area contributed by atoms with Crippen molar-refractivity contribution in [1.82, 2.24) is 9.78 Å². The molecule has 0 unspecified atom stereocenters. The smallest absolute Gasteiger partial charge is 0.341 e. The fraction of sp³-hybridized carbons (Fsp3) is 0.455. The lowest BCUT2D eigenvalue weighted by Gasteiger charge is -2.15. The van der Waals surface area contributed by atoms with E-state index in [9.17, 15) is 4.79 Å². The summed E-state index contributed by atoms with van der Waals surface area (Å²) in [5, 5.41) is 4.59. The molecule has 0 N–H and O–H groups in total. The molecule has 0 aliphatic carbocycles. The Balaban J connectivity index is 2.20. The van der Waals surface area contributed by atoms with Crippen LogP contribution < -0.4 is 4.74 Å². The predicted molar refractivity (Wildman–Crippen MR) is 118 cm³/mol. The number of ether oxygens (including phenoxy) is 3. The van der Waals surface area contributed by atoms with Gasteiger partial charge in [0.1, 0.15) is 23.7 Å². The zero-order valence-corrected chi connectivity index (χ0v) is 18.9. The average Bonchev–Trinajstić information content (AvgIpc) is 3.10. The molecule has 2 aromatic rings. The molecule has 0 saturated heterocycles. The van der Waals surface area contributed by atoms with Crippen LogP contribution in [-0.4, -0.2) is 43.6 Å². The van der Waals surface area contributed by atoms with Gasteiger partial charge in [0.2, 0.25) is 0 Å². The van der Waals surface area contributed by atoms with Gasteiger partial charge in [-0.2, -0.15) is 5.10 Å². The number of rotatable bonds is 12. The van der Waals surface area contributed by atoms with Gasteiger partial charge in [0.05, 0.1) is 13.2 Å². The Hall–Kier alpha value is -2.38. The molecular formula is C22H32N2O4Si. The average molecular weight is 417 g/mol. The second-order valence-corrected chi connectivity index (χ2v) is 13.6. The predicted octanol–water partition coefficient (Wildman–Crippen LogP) is 4.99. The normalized spacial score (nSPS) is 11.3. The van der Waals surface area contributed by atoms with Crippen LogP contribution in [-0.2, 0) is 16.2 Å². The molecule has 6 nitrogen and oxygen atoms in total. The Morgan fingerprint density at radius 2 is 2.07 bits per heavy atom. The number of esters is 1. The zero-order chi connectivity index (χ0) is 21.3. The SMILES string of the molecule is C=CCCOc1cccc(-c2nn(COCC[Si](C)(C)C)cc2C(=O)OCC)c1. The third-order valence-electron chi connectivity index (χ3n) is 4.18. The second kappa shape index (κ2) is 11.0. The summed E-state index contributed by atoms with van der Waals surface area (Å²) in [4.78, 5) is 12.5. The van der Waals surface area contributed by atoms with E-state index in [0.29, 0.717) is 37.8 Å². The van der Waals surface area contributed by atoms with Crippen molar-refractivity contribution in [3.63, 3.8) is 0 Å². The minimum absolute atomic E-state index is 0.298. The number of benzene rings is 1. The van der Waals surface area contributed by atoms with Crippen LogP contribution in [0.15, 0.2) is 43.1 Å². The van der Waals surface area contributed by atoms with Gasteiger partial charge in [-0.1, -0.05) is 37.8 Å². The van der Waals surface area contributed by atoms with Crippen LogP contribution in [0.3, 0.4) is 0 Å². The maximum absolute atomic E-state index is 12.5. The molecule has 7 heteroatoms. The number of hydrogen-bond acceptors (Lipinski definition) is 5. The third kappa shape index (κ3) is 7.51. The largest absolute Gasteiger partial charge is 0.493 e. The molecule has 1 aromatic heterocycles. The zero-order valence-electron chi connectivity index (χ0n) is 17.9. The molecule has 158 valence electrons. The van der Waals surface area contributed by atoms with Crippen molar-refractivity contribution < 1.29 is 19.0 Å². The van der Waals surface area contributed by atoms with Crippen LogP contribution in [0, 0.1) is 0 Å². The van der Waals surface area contributed by atoms with Crippen LogP contribution in [0.5, 0.6) is 5.75 Å². The molecule has 0 aliphatic rings. The Morgan fingerprint density at radius 1 is 1.28 bits per heavy atom. The lowest BCUT2D eigenvalue weighted by Crippen LogP contribution is -2.22. The van der Waals surface area contributed by atoms with E-state index < -0.39 is 14.0 Å². The van der Waals surface area contributed by atoms with Crippen LogP contribution in [0.25, 0.3) is 11.3 Å². The number of hydrogen-bond donors (Lipinski definition) is 0. The maximum atomic E-state index is 12.5. The van der Waals surface area contributed by atoms with E-state index in [-0.39, 0.29) is 0 Å². The molecule has 1 aromatic carbocycles. The molecular weight excluding hydrogens is 384 g/mol. The van der Waals surface area contributed by atoms with Gasteiger partial charge in [0.25, 0.3) is 0 Å². The van der Waals surface area contributed by atoms with Crippen molar-refractivity contribution in [3.8, 4) is 17.0 Å². The van der Waals surface area contributed by atoms with Crippen LogP contribution >= 0.6 is 0 Å². The number of carbonyl (C=O) groups is 1. The highest BCUT2D eigenvalue weighted by Gasteiger charge is 2.20. The fourth-order valence-electron chi connectivity index (χ4n) is 2.59. The number of nitrogens with zero attached hydrogens (tertiary/aromatic N) is 2. The highest BCUT2D eigenvalue weighted by molar-refractivity contribution is 6.76. The van der Waals surface area contributed by atoms with Gasteiger partial charge in [-0.05, 0) is 31.5 Å². The second-order valence-electron chi connectivity index (χ2n) is 7.95. The van der Waals surface area contributed by atoms with E-state index in [1.807, 2.05) is 30.3 Å². The summed E-state index contributed by atoms with van der Waals surface area (Å²) >= 11 is 0. The standard InChI is InChI=1S/C22H32N2O4Si/c1-6-8-12-28-19-11-9-10-18(15-19)21-20(22(25)27-7-2)16-24(23-21)17-26-13-14-29(3,4)5/h6,9-11,15-16H,1,7-8,12-14,17H2,2-5H3. The topological polar surface area (TPSA) is 62.6 Å². The van der Waals surface area contributed by atoms with E-state index >= 15 is 0 Å². The van der Waals surface area contributed by atoms with E-state index in [1.54, 1.807) is 17.8 Å². The van der Waals surface area contributed by atoms with Crippen molar-refractivity contribution in [3.05, 3.63) is 48.7 Å². The summed E-state index contributed by atoms with van der Waals surface area (Å²) < 4.78 is 18.4. The van der Waals surface area contributed by atoms with Gasteiger partial charge < -0.3 is 14.2 Å². The molecule has 0 aliphatic heterocycles. The van der Waals surface area contributed by atoms with Crippen molar-refractivity contribution >= 4 is 14.0 Å². The molecule has 0 fully saturated rings.